The first-order valence-electron chi connectivity index (χ1n) is 5.32. The van der Waals surface area contributed by atoms with E-state index in [0.29, 0.717) is 17.4 Å². The van der Waals surface area contributed by atoms with Gasteiger partial charge in [-0.1, -0.05) is 0 Å². The zero-order valence-electron chi connectivity index (χ0n) is 8.17. The molecule has 3 heteroatoms. The number of rotatable bonds is 3. The Hall–Kier alpha value is -0.120. The van der Waals surface area contributed by atoms with Crippen LogP contribution in [0.25, 0.3) is 0 Å². The van der Waals surface area contributed by atoms with Crippen molar-refractivity contribution >= 4 is 0 Å². The first-order chi connectivity index (χ1) is 6.28. The Kier molecular flexibility index (Phi) is 2.58. The predicted octanol–water partition coefficient (Wildman–Crippen LogP) is 0.479. The third-order valence-electron chi connectivity index (χ3n) is 3.78. The normalized spacial score (nSPS) is 30.0. The average molecular weight is 184 g/mol. The Morgan fingerprint density at radius 3 is 2.38 bits per heavy atom. The molecule has 4 N–H and O–H groups in total. The van der Waals surface area contributed by atoms with E-state index in [1.165, 1.54) is 12.8 Å². The highest BCUT2D eigenvalue weighted by molar-refractivity contribution is 5.04. The first-order valence-corrected chi connectivity index (χ1v) is 5.32. The van der Waals surface area contributed by atoms with E-state index in [1.54, 1.807) is 0 Å². The SMILES string of the molecule is NCC1(C(N)C2CCOCC2)CC1. The summed E-state index contributed by atoms with van der Waals surface area (Å²) in [7, 11) is 0. The molecule has 0 radical (unpaired) electrons. The van der Waals surface area contributed by atoms with Crippen LogP contribution in [0.3, 0.4) is 0 Å². The van der Waals surface area contributed by atoms with Gasteiger partial charge in [0, 0.05) is 19.3 Å². The molecule has 13 heavy (non-hydrogen) atoms. The summed E-state index contributed by atoms with van der Waals surface area (Å²) in [5.74, 6) is 0.653. The molecule has 2 aliphatic rings. The Morgan fingerprint density at radius 2 is 1.92 bits per heavy atom. The van der Waals surface area contributed by atoms with Crippen LogP contribution < -0.4 is 11.5 Å². The van der Waals surface area contributed by atoms with Crippen molar-refractivity contribution in [2.45, 2.75) is 31.7 Å². The number of nitrogens with two attached hydrogens (primary N) is 2. The monoisotopic (exact) mass is 184 g/mol. The molecule has 0 spiro atoms. The van der Waals surface area contributed by atoms with Crippen LogP contribution in [0.2, 0.25) is 0 Å². The van der Waals surface area contributed by atoms with Crippen molar-refractivity contribution in [3.8, 4) is 0 Å². The van der Waals surface area contributed by atoms with Gasteiger partial charge in [0.2, 0.25) is 0 Å². The molecule has 1 atom stereocenters. The maximum absolute atomic E-state index is 6.26. The van der Waals surface area contributed by atoms with Crippen molar-refractivity contribution in [2.75, 3.05) is 19.8 Å². The Balaban J connectivity index is 1.91. The van der Waals surface area contributed by atoms with E-state index in [0.717, 1.165) is 32.6 Å². The van der Waals surface area contributed by atoms with Crippen LogP contribution in [0.5, 0.6) is 0 Å². The van der Waals surface area contributed by atoms with Gasteiger partial charge in [0.05, 0.1) is 0 Å². The van der Waals surface area contributed by atoms with Crippen molar-refractivity contribution in [1.29, 1.82) is 0 Å². The fraction of sp³-hybridized carbons (Fsp3) is 1.00. The van der Waals surface area contributed by atoms with E-state index < -0.39 is 0 Å². The van der Waals surface area contributed by atoms with Crippen molar-refractivity contribution < 1.29 is 4.74 Å². The van der Waals surface area contributed by atoms with E-state index in [1.807, 2.05) is 0 Å². The van der Waals surface area contributed by atoms with Gasteiger partial charge in [-0.2, -0.15) is 0 Å². The van der Waals surface area contributed by atoms with Gasteiger partial charge in [-0.25, -0.2) is 0 Å². The molecule has 2 rings (SSSR count). The molecule has 1 unspecified atom stereocenters. The summed E-state index contributed by atoms with van der Waals surface area (Å²) in [6.07, 6.45) is 4.73. The highest BCUT2D eigenvalue weighted by atomic mass is 16.5. The van der Waals surface area contributed by atoms with Gasteiger partial charge in [0.15, 0.2) is 0 Å². The lowest BCUT2D eigenvalue weighted by Crippen LogP contribution is -2.44. The molecular formula is C10H20N2O. The van der Waals surface area contributed by atoms with Crippen LogP contribution in [0.15, 0.2) is 0 Å². The lowest BCUT2D eigenvalue weighted by Gasteiger charge is -2.32. The molecule has 0 bridgehead atoms. The zero-order chi connectivity index (χ0) is 9.31. The molecule has 1 aliphatic heterocycles. The van der Waals surface area contributed by atoms with Crippen LogP contribution in [0.4, 0.5) is 0 Å². The van der Waals surface area contributed by atoms with Crippen molar-refractivity contribution in [3.63, 3.8) is 0 Å². The molecule has 0 aromatic rings. The quantitative estimate of drug-likeness (QED) is 0.670. The average Bonchev–Trinajstić information content (AvgIpc) is 2.99. The fourth-order valence-electron chi connectivity index (χ4n) is 2.41. The van der Waals surface area contributed by atoms with Gasteiger partial charge < -0.3 is 16.2 Å². The Morgan fingerprint density at radius 1 is 1.31 bits per heavy atom. The van der Waals surface area contributed by atoms with Crippen molar-refractivity contribution in [1.82, 2.24) is 0 Å². The Labute approximate surface area is 79.8 Å². The molecule has 0 aromatic heterocycles. The van der Waals surface area contributed by atoms with Gasteiger partial charge in [-0.3, -0.25) is 0 Å². The van der Waals surface area contributed by atoms with E-state index in [4.69, 9.17) is 16.2 Å². The Bertz CT molecular complexity index is 174. The minimum Gasteiger partial charge on any atom is -0.381 e. The molecule has 1 aliphatic carbocycles. The highest BCUT2D eigenvalue weighted by Crippen LogP contribution is 2.50. The minimum absolute atomic E-state index is 0.308. The maximum Gasteiger partial charge on any atom is 0.0469 e. The fourth-order valence-corrected chi connectivity index (χ4v) is 2.41. The van der Waals surface area contributed by atoms with Crippen molar-refractivity contribution in [2.24, 2.45) is 22.8 Å². The first kappa shape index (κ1) is 9.44. The second-order valence-corrected chi connectivity index (χ2v) is 4.54. The minimum atomic E-state index is 0.308. The third kappa shape index (κ3) is 1.73. The summed E-state index contributed by atoms with van der Waals surface area (Å²) in [4.78, 5) is 0. The van der Waals surface area contributed by atoms with Crippen molar-refractivity contribution in [3.05, 3.63) is 0 Å². The van der Waals surface area contributed by atoms with Gasteiger partial charge in [-0.15, -0.1) is 0 Å². The smallest absolute Gasteiger partial charge is 0.0469 e. The largest absolute Gasteiger partial charge is 0.381 e. The molecule has 0 aromatic carbocycles. The molecule has 1 saturated carbocycles. The second-order valence-electron chi connectivity index (χ2n) is 4.54. The molecule has 3 nitrogen and oxygen atoms in total. The zero-order valence-corrected chi connectivity index (χ0v) is 8.17. The van der Waals surface area contributed by atoms with Gasteiger partial charge in [-0.05, 0) is 43.6 Å². The van der Waals surface area contributed by atoms with E-state index in [-0.39, 0.29) is 0 Å². The van der Waals surface area contributed by atoms with E-state index in [9.17, 15) is 0 Å². The van der Waals surface area contributed by atoms with Gasteiger partial charge in [0.1, 0.15) is 0 Å². The van der Waals surface area contributed by atoms with Crippen LogP contribution in [-0.2, 0) is 4.74 Å². The third-order valence-corrected chi connectivity index (χ3v) is 3.78. The van der Waals surface area contributed by atoms with Crippen LogP contribution in [0, 0.1) is 11.3 Å². The van der Waals surface area contributed by atoms with E-state index in [2.05, 4.69) is 0 Å². The van der Waals surface area contributed by atoms with Gasteiger partial charge in [0.25, 0.3) is 0 Å². The lowest BCUT2D eigenvalue weighted by molar-refractivity contribution is 0.0493. The number of ether oxygens (including phenoxy) is 1. The molecule has 1 saturated heterocycles. The van der Waals surface area contributed by atoms with Crippen LogP contribution in [0.1, 0.15) is 25.7 Å². The lowest BCUT2D eigenvalue weighted by atomic mass is 9.82. The summed E-state index contributed by atoms with van der Waals surface area (Å²) in [6.45, 7) is 2.55. The summed E-state index contributed by atoms with van der Waals surface area (Å²) in [5, 5.41) is 0. The molecule has 76 valence electrons. The van der Waals surface area contributed by atoms with E-state index >= 15 is 0 Å². The topological polar surface area (TPSA) is 61.3 Å². The van der Waals surface area contributed by atoms with Crippen LogP contribution >= 0.6 is 0 Å². The highest BCUT2D eigenvalue weighted by Gasteiger charge is 2.49. The summed E-state index contributed by atoms with van der Waals surface area (Å²) in [6, 6.07) is 0.321. The summed E-state index contributed by atoms with van der Waals surface area (Å²) < 4.78 is 5.33. The van der Waals surface area contributed by atoms with Gasteiger partial charge >= 0.3 is 0 Å². The number of hydrogen-bond donors (Lipinski definition) is 2. The molecule has 0 amide bonds. The van der Waals surface area contributed by atoms with Crippen LogP contribution in [-0.4, -0.2) is 25.8 Å². The molecular weight excluding hydrogens is 164 g/mol. The standard InChI is InChI=1S/C10H20N2O/c11-7-10(3-4-10)9(12)8-1-5-13-6-2-8/h8-9H,1-7,11-12H2. The molecule has 2 fully saturated rings. The predicted molar refractivity (Wildman–Crippen MR) is 52.2 cm³/mol. The molecule has 1 heterocycles. The maximum atomic E-state index is 6.26. The summed E-state index contributed by atoms with van der Waals surface area (Å²) >= 11 is 0. The summed E-state index contributed by atoms with van der Waals surface area (Å²) in [5.41, 5.74) is 12.3. The second kappa shape index (κ2) is 3.56. The number of hydrogen-bond acceptors (Lipinski definition) is 3.